The Morgan fingerprint density at radius 2 is 2.11 bits per heavy atom. The molecule has 0 nitrogen and oxygen atoms in total. The first-order chi connectivity index (χ1) is 4.45. The van der Waals surface area contributed by atoms with E-state index in [0.717, 1.165) is 5.92 Å². The maximum Gasteiger partial charge on any atom is -0.0228 e. The second-order valence-electron chi connectivity index (χ2n) is 3.37. The zero-order valence-corrected chi connectivity index (χ0v) is 5.90. The zero-order chi connectivity index (χ0) is 6.10. The Labute approximate surface area is 57.0 Å². The molecule has 2 aliphatic carbocycles. The normalized spacial score (nSPS) is 33.8. The average molecular weight is 122 g/mol. The molecule has 0 heterocycles. The molecule has 2 rings (SSSR count). The fourth-order valence-electron chi connectivity index (χ4n) is 2.07. The quantitative estimate of drug-likeness (QED) is 0.433. The van der Waals surface area contributed by atoms with Gasteiger partial charge < -0.3 is 0 Å². The smallest absolute Gasteiger partial charge is 0.0228 e. The van der Waals surface area contributed by atoms with E-state index in [9.17, 15) is 0 Å². The lowest BCUT2D eigenvalue weighted by Crippen LogP contribution is -1.91. The molecule has 0 aliphatic heterocycles. The maximum atomic E-state index is 2.53. The molecule has 0 saturated carbocycles. The van der Waals surface area contributed by atoms with Gasteiger partial charge in [0.25, 0.3) is 0 Å². The number of hydrogen-bond acceptors (Lipinski definition) is 0. The van der Waals surface area contributed by atoms with Gasteiger partial charge in [-0.15, -0.1) is 0 Å². The van der Waals surface area contributed by atoms with Crippen molar-refractivity contribution in [2.45, 2.75) is 38.5 Å². The Morgan fingerprint density at radius 3 is 3.11 bits per heavy atom. The number of fused-ring (bicyclic) bond motifs is 1. The van der Waals surface area contributed by atoms with Crippen molar-refractivity contribution in [3.63, 3.8) is 0 Å². The van der Waals surface area contributed by atoms with Crippen molar-refractivity contribution >= 4 is 0 Å². The molecule has 50 valence electrons. The molecule has 2 bridgehead atoms. The van der Waals surface area contributed by atoms with Crippen molar-refractivity contribution in [3.05, 3.63) is 11.6 Å². The second kappa shape index (κ2) is 2.17. The molecule has 0 aromatic rings. The minimum atomic E-state index is 0.988. The molecule has 9 heavy (non-hydrogen) atoms. The highest BCUT2D eigenvalue weighted by Gasteiger charge is 2.17. The highest BCUT2D eigenvalue weighted by atomic mass is 14.2. The minimum absolute atomic E-state index is 0.988. The van der Waals surface area contributed by atoms with E-state index in [4.69, 9.17) is 0 Å². The molecule has 0 N–H and O–H groups in total. The molecule has 0 spiro atoms. The van der Waals surface area contributed by atoms with Gasteiger partial charge in [0.1, 0.15) is 0 Å². The molecule has 0 aromatic heterocycles. The molecule has 1 atom stereocenters. The summed E-state index contributed by atoms with van der Waals surface area (Å²) >= 11 is 0. The third-order valence-electron chi connectivity index (χ3n) is 2.63. The fraction of sp³-hybridized carbons (Fsp3) is 0.778. The largest absolute Gasteiger partial charge is 0.0822 e. The summed E-state index contributed by atoms with van der Waals surface area (Å²) in [5.74, 6) is 0.988. The lowest BCUT2D eigenvalue weighted by molar-refractivity contribution is 0.522. The Bertz CT molecular complexity index is 133. The van der Waals surface area contributed by atoms with Crippen LogP contribution >= 0.6 is 0 Å². The minimum Gasteiger partial charge on any atom is -0.0822 e. The van der Waals surface area contributed by atoms with Crippen LogP contribution in [0.25, 0.3) is 0 Å². The highest BCUT2D eigenvalue weighted by Crippen LogP contribution is 2.34. The molecule has 0 amide bonds. The average Bonchev–Trinajstić information content (AvgIpc) is 2.09. The summed E-state index contributed by atoms with van der Waals surface area (Å²) in [6.45, 7) is 0. The topological polar surface area (TPSA) is 0 Å². The van der Waals surface area contributed by atoms with E-state index in [0.29, 0.717) is 0 Å². The van der Waals surface area contributed by atoms with E-state index < -0.39 is 0 Å². The third-order valence-corrected chi connectivity index (χ3v) is 2.63. The molecule has 2 aliphatic rings. The lowest BCUT2D eigenvalue weighted by atomic mass is 10.00. The van der Waals surface area contributed by atoms with E-state index in [1.165, 1.54) is 38.5 Å². The number of rotatable bonds is 0. The van der Waals surface area contributed by atoms with Crippen LogP contribution in [0, 0.1) is 5.92 Å². The van der Waals surface area contributed by atoms with Gasteiger partial charge in [0.05, 0.1) is 0 Å². The van der Waals surface area contributed by atoms with Crippen LogP contribution in [0.4, 0.5) is 0 Å². The van der Waals surface area contributed by atoms with Gasteiger partial charge in [-0.25, -0.2) is 0 Å². The SMILES string of the molecule is C1=C2CCCCC1CC2. The fourth-order valence-corrected chi connectivity index (χ4v) is 2.07. The predicted octanol–water partition coefficient (Wildman–Crippen LogP) is 2.90. The first kappa shape index (κ1) is 5.52. The van der Waals surface area contributed by atoms with Crippen LogP contribution in [0.15, 0.2) is 11.6 Å². The van der Waals surface area contributed by atoms with Crippen LogP contribution in [-0.4, -0.2) is 0 Å². The van der Waals surface area contributed by atoms with E-state index in [1.54, 1.807) is 5.57 Å². The molecular formula is C9H14. The Kier molecular flexibility index (Phi) is 1.33. The second-order valence-corrected chi connectivity index (χ2v) is 3.37. The first-order valence-electron chi connectivity index (χ1n) is 4.15. The van der Waals surface area contributed by atoms with Gasteiger partial charge in [-0.05, 0) is 38.0 Å². The van der Waals surface area contributed by atoms with Crippen molar-refractivity contribution in [1.82, 2.24) is 0 Å². The van der Waals surface area contributed by atoms with Gasteiger partial charge >= 0.3 is 0 Å². The van der Waals surface area contributed by atoms with Crippen molar-refractivity contribution in [1.29, 1.82) is 0 Å². The van der Waals surface area contributed by atoms with Gasteiger partial charge in [0.2, 0.25) is 0 Å². The molecule has 0 aromatic carbocycles. The van der Waals surface area contributed by atoms with E-state index in [2.05, 4.69) is 6.08 Å². The van der Waals surface area contributed by atoms with Crippen molar-refractivity contribution < 1.29 is 0 Å². The highest BCUT2D eigenvalue weighted by molar-refractivity contribution is 5.12. The predicted molar refractivity (Wildman–Crippen MR) is 39.3 cm³/mol. The number of allylic oxidation sites excluding steroid dienone is 2. The first-order valence-corrected chi connectivity index (χ1v) is 4.15. The summed E-state index contributed by atoms with van der Waals surface area (Å²) in [6, 6.07) is 0. The van der Waals surface area contributed by atoms with Crippen LogP contribution in [0.2, 0.25) is 0 Å². The van der Waals surface area contributed by atoms with E-state index in [1.807, 2.05) is 0 Å². The van der Waals surface area contributed by atoms with Gasteiger partial charge in [-0.1, -0.05) is 18.1 Å². The Hall–Kier alpha value is -0.260. The maximum absolute atomic E-state index is 2.53. The summed E-state index contributed by atoms with van der Waals surface area (Å²) in [4.78, 5) is 0. The van der Waals surface area contributed by atoms with Crippen LogP contribution < -0.4 is 0 Å². The summed E-state index contributed by atoms with van der Waals surface area (Å²) in [6.07, 6.45) is 11.2. The van der Waals surface area contributed by atoms with Gasteiger partial charge in [-0.2, -0.15) is 0 Å². The van der Waals surface area contributed by atoms with Crippen molar-refractivity contribution in [2.24, 2.45) is 5.92 Å². The summed E-state index contributed by atoms with van der Waals surface area (Å²) < 4.78 is 0. The lowest BCUT2D eigenvalue weighted by Gasteiger charge is -2.06. The third kappa shape index (κ3) is 1.03. The summed E-state index contributed by atoms with van der Waals surface area (Å²) in [7, 11) is 0. The van der Waals surface area contributed by atoms with Gasteiger partial charge in [0, 0.05) is 0 Å². The van der Waals surface area contributed by atoms with Gasteiger partial charge in [-0.3, -0.25) is 0 Å². The van der Waals surface area contributed by atoms with Crippen molar-refractivity contribution in [3.8, 4) is 0 Å². The van der Waals surface area contributed by atoms with Crippen LogP contribution in [0.5, 0.6) is 0 Å². The number of hydrogen-bond donors (Lipinski definition) is 0. The zero-order valence-electron chi connectivity index (χ0n) is 5.90. The van der Waals surface area contributed by atoms with Crippen molar-refractivity contribution in [2.75, 3.05) is 0 Å². The summed E-state index contributed by atoms with van der Waals surface area (Å²) in [5, 5.41) is 0. The monoisotopic (exact) mass is 122 g/mol. The Balaban J connectivity index is 2.10. The molecule has 1 unspecified atom stereocenters. The van der Waals surface area contributed by atoms with E-state index in [-0.39, 0.29) is 0 Å². The Morgan fingerprint density at radius 1 is 1.11 bits per heavy atom. The molecule has 0 heteroatoms. The standard InChI is InChI=1S/C9H14/c1-2-4-9-6-5-8(3-1)7-9/h7-8H,1-6H2. The van der Waals surface area contributed by atoms with Crippen LogP contribution in [-0.2, 0) is 0 Å². The van der Waals surface area contributed by atoms with Crippen LogP contribution in [0.1, 0.15) is 38.5 Å². The molecule has 0 saturated heterocycles. The molecule has 0 fully saturated rings. The molecular weight excluding hydrogens is 108 g/mol. The van der Waals surface area contributed by atoms with Crippen LogP contribution in [0.3, 0.4) is 0 Å². The van der Waals surface area contributed by atoms with E-state index >= 15 is 0 Å². The summed E-state index contributed by atoms with van der Waals surface area (Å²) in [5.41, 5.74) is 1.76. The van der Waals surface area contributed by atoms with Gasteiger partial charge in [0.15, 0.2) is 0 Å². The molecule has 0 radical (unpaired) electrons.